The van der Waals surface area contributed by atoms with Gasteiger partial charge < -0.3 is 10.2 Å². The number of hydrogen-bond donors (Lipinski definition) is 0. The molecule has 1 heterocycles. The number of benzene rings is 6. The summed E-state index contributed by atoms with van der Waals surface area (Å²) in [5.74, 6) is 0.750. The molecular weight excluding hydrogens is 822 g/mol. The molecule has 0 spiro atoms. The average molecular weight is 883 g/mol. The summed E-state index contributed by atoms with van der Waals surface area (Å²) in [6, 6.07) is 49.9. The van der Waals surface area contributed by atoms with Gasteiger partial charge in [-0.3, -0.25) is 0 Å². The van der Waals surface area contributed by atoms with Crippen molar-refractivity contribution in [3.05, 3.63) is 199 Å². The Morgan fingerprint density at radius 2 is 0.738 bits per heavy atom. The summed E-state index contributed by atoms with van der Waals surface area (Å²) >= 11 is 0. The second-order valence-corrected chi connectivity index (χ2v) is 17.6. The normalized spacial score (nSPS) is 11.2. The molecule has 0 saturated heterocycles. The first-order valence-electron chi connectivity index (χ1n) is 21.0. The standard InChI is InChI=1S/C43H49NO2.2C7H7.Zr/c1-26(2)42(7,8)36-24-28(5)22-34(40(36)45)30-16-11-13-18-32(30)38-20-15-21-39(44-38)33-19-14-12-17-31(33)35-23-29(6)25-37(41(35)46)43(9,10)27(3)4;2*1-7-5-3-2-4-6-7;/h11-27,45-46H,1-10H3;2*2-6H,1H2;/q;2*-1;+4/p-2. The van der Waals surface area contributed by atoms with Crippen LogP contribution in [0.15, 0.2) is 152 Å². The summed E-state index contributed by atoms with van der Waals surface area (Å²) < 4.78 is 0. The minimum atomic E-state index is -0.269. The van der Waals surface area contributed by atoms with Crippen molar-refractivity contribution >= 4 is 0 Å². The monoisotopic (exact) mass is 881 g/mol. The molecule has 0 N–H and O–H groups in total. The van der Waals surface area contributed by atoms with Crippen LogP contribution in [0.1, 0.15) is 88.8 Å². The van der Waals surface area contributed by atoms with Gasteiger partial charge in [-0.2, -0.15) is 49.2 Å². The summed E-state index contributed by atoms with van der Waals surface area (Å²) in [6.07, 6.45) is 0. The average Bonchev–Trinajstić information content (AvgIpc) is 3.23. The third-order valence-corrected chi connectivity index (χ3v) is 12.2. The van der Waals surface area contributed by atoms with Crippen LogP contribution in [0.5, 0.6) is 11.5 Å². The van der Waals surface area contributed by atoms with Crippen LogP contribution in [-0.2, 0) is 37.0 Å². The first-order valence-corrected chi connectivity index (χ1v) is 21.0. The van der Waals surface area contributed by atoms with Crippen LogP contribution in [0.25, 0.3) is 44.8 Å². The minimum absolute atomic E-state index is 0. The van der Waals surface area contributed by atoms with Crippen LogP contribution >= 0.6 is 0 Å². The van der Waals surface area contributed by atoms with E-state index in [1.165, 1.54) is 0 Å². The van der Waals surface area contributed by atoms with Crippen molar-refractivity contribution in [1.82, 2.24) is 4.98 Å². The number of hydrogen-bond acceptors (Lipinski definition) is 3. The van der Waals surface area contributed by atoms with E-state index in [4.69, 9.17) is 4.98 Å². The minimum Gasteiger partial charge on any atom is -0.872 e. The van der Waals surface area contributed by atoms with Crippen molar-refractivity contribution < 1.29 is 36.4 Å². The largest absolute Gasteiger partial charge is 4.00 e. The number of rotatable bonds is 8. The van der Waals surface area contributed by atoms with Gasteiger partial charge in [0.2, 0.25) is 0 Å². The Balaban J connectivity index is 0.000000460. The van der Waals surface area contributed by atoms with Crippen LogP contribution in [0.2, 0.25) is 0 Å². The Bertz CT molecular complexity index is 2330. The van der Waals surface area contributed by atoms with Gasteiger partial charge in [-0.15, -0.1) is 24.3 Å². The maximum absolute atomic E-state index is 14.1. The summed E-state index contributed by atoms with van der Waals surface area (Å²) in [7, 11) is 0. The van der Waals surface area contributed by atoms with E-state index >= 15 is 0 Å². The Kier molecular flexibility index (Phi) is 16.6. The molecule has 61 heavy (non-hydrogen) atoms. The number of nitrogens with zero attached hydrogens (tertiary/aromatic N) is 1. The van der Waals surface area contributed by atoms with Crippen LogP contribution in [0.4, 0.5) is 0 Å². The van der Waals surface area contributed by atoms with Gasteiger partial charge >= 0.3 is 26.2 Å². The number of aromatic nitrogens is 1. The molecule has 4 heteroatoms. The molecule has 0 amide bonds. The molecule has 0 aliphatic heterocycles. The molecule has 0 saturated carbocycles. The zero-order chi connectivity index (χ0) is 43.8. The Hall–Kier alpha value is -5.31. The van der Waals surface area contributed by atoms with Gasteiger partial charge in [-0.25, -0.2) is 4.98 Å². The van der Waals surface area contributed by atoms with E-state index < -0.39 is 0 Å². The topological polar surface area (TPSA) is 59.0 Å². The summed E-state index contributed by atoms with van der Waals surface area (Å²) in [5, 5.41) is 28.2. The predicted octanol–water partition coefficient (Wildman–Crippen LogP) is 14.1. The fraction of sp³-hybridized carbons (Fsp3) is 0.246. The Morgan fingerprint density at radius 1 is 0.426 bits per heavy atom. The fourth-order valence-corrected chi connectivity index (χ4v) is 7.10. The van der Waals surface area contributed by atoms with Crippen molar-refractivity contribution in [3.8, 4) is 56.3 Å². The van der Waals surface area contributed by atoms with E-state index in [1.807, 2.05) is 152 Å². The Labute approximate surface area is 386 Å². The van der Waals surface area contributed by atoms with E-state index in [2.05, 4.69) is 83.1 Å². The molecule has 0 atom stereocenters. The smallest absolute Gasteiger partial charge is 0.872 e. The third-order valence-electron chi connectivity index (χ3n) is 12.2. The van der Waals surface area contributed by atoms with E-state index in [0.29, 0.717) is 23.0 Å². The zero-order valence-electron chi connectivity index (χ0n) is 37.8. The molecule has 6 aromatic carbocycles. The van der Waals surface area contributed by atoms with Gasteiger partial charge in [-0.05, 0) is 82.0 Å². The van der Waals surface area contributed by atoms with Crippen molar-refractivity contribution in [2.75, 3.05) is 0 Å². The van der Waals surface area contributed by atoms with Crippen molar-refractivity contribution in [3.63, 3.8) is 0 Å². The van der Waals surface area contributed by atoms with Crippen LogP contribution in [0, 0.1) is 39.5 Å². The fourth-order valence-electron chi connectivity index (χ4n) is 7.10. The number of pyridine rings is 1. The zero-order valence-corrected chi connectivity index (χ0v) is 40.2. The molecule has 0 unspecified atom stereocenters. The van der Waals surface area contributed by atoms with Crippen molar-refractivity contribution in [1.29, 1.82) is 0 Å². The maximum atomic E-state index is 14.1. The summed E-state index contributed by atoms with van der Waals surface area (Å²) in [4.78, 5) is 5.18. The van der Waals surface area contributed by atoms with Crippen molar-refractivity contribution in [2.24, 2.45) is 11.8 Å². The molecule has 7 rings (SSSR count). The molecule has 7 aromatic rings. The number of aryl methyl sites for hydroxylation is 2. The first kappa shape index (κ1) is 48.4. The van der Waals surface area contributed by atoms with Gasteiger partial charge in [0.25, 0.3) is 0 Å². The molecule has 0 bridgehead atoms. The van der Waals surface area contributed by atoms with Gasteiger partial charge in [0, 0.05) is 11.1 Å². The van der Waals surface area contributed by atoms with Crippen LogP contribution in [0.3, 0.4) is 0 Å². The first-order chi connectivity index (χ1) is 28.4. The van der Waals surface area contributed by atoms with Crippen LogP contribution in [-0.4, -0.2) is 4.98 Å². The maximum Gasteiger partial charge on any atom is 4.00 e. The second kappa shape index (κ2) is 21.0. The molecule has 0 aliphatic rings. The third kappa shape index (κ3) is 11.5. The van der Waals surface area contributed by atoms with Gasteiger partial charge in [-0.1, -0.05) is 169 Å². The SMILES string of the molecule is Cc1cc(-c2ccccc2-c2cccc(-c3ccccc3-c3cc(C)cc(C(C)(C)C(C)C)c3[O-])n2)c([O-])c(C(C)(C)C(C)C)c1.[CH2-]c1ccccc1.[CH2-]c1ccccc1.[Zr+4]. The molecule has 1 aromatic heterocycles. The second-order valence-electron chi connectivity index (χ2n) is 17.6. The molecule has 0 radical (unpaired) electrons. The molecular formula is C57H61NO2Zr. The summed E-state index contributed by atoms with van der Waals surface area (Å²) in [5.41, 5.74) is 11.9. The van der Waals surface area contributed by atoms with E-state index in [9.17, 15) is 10.2 Å². The van der Waals surface area contributed by atoms with Crippen molar-refractivity contribution in [2.45, 2.75) is 80.1 Å². The van der Waals surface area contributed by atoms with E-state index in [0.717, 1.165) is 67.0 Å². The van der Waals surface area contributed by atoms with E-state index in [-0.39, 0.29) is 48.5 Å². The summed E-state index contributed by atoms with van der Waals surface area (Å²) in [6.45, 7) is 28.8. The molecule has 0 fully saturated rings. The van der Waals surface area contributed by atoms with Gasteiger partial charge in [0.15, 0.2) is 0 Å². The molecule has 3 nitrogen and oxygen atoms in total. The van der Waals surface area contributed by atoms with Gasteiger partial charge in [0.05, 0.1) is 11.4 Å². The molecule has 310 valence electrons. The predicted molar refractivity (Wildman–Crippen MR) is 252 cm³/mol. The quantitative estimate of drug-likeness (QED) is 0.143. The Morgan fingerprint density at radius 3 is 1.03 bits per heavy atom. The van der Waals surface area contributed by atoms with E-state index in [1.54, 1.807) is 0 Å². The van der Waals surface area contributed by atoms with Gasteiger partial charge in [0.1, 0.15) is 0 Å². The molecule has 0 aliphatic carbocycles. The van der Waals surface area contributed by atoms with Crippen LogP contribution < -0.4 is 10.2 Å².